The van der Waals surface area contributed by atoms with E-state index >= 15 is 0 Å². The summed E-state index contributed by atoms with van der Waals surface area (Å²) in [5.74, 6) is 1.04. The Labute approximate surface area is 70.0 Å². The van der Waals surface area contributed by atoms with Gasteiger partial charge in [-0.2, -0.15) is 0 Å². The van der Waals surface area contributed by atoms with Crippen molar-refractivity contribution in [1.82, 2.24) is 4.57 Å². The smallest absolute Gasteiger partial charge is 0.220 e. The largest absolute Gasteiger partial charge is 0.255 e. The summed E-state index contributed by atoms with van der Waals surface area (Å²) in [7, 11) is 3.76. The van der Waals surface area contributed by atoms with Crippen molar-refractivity contribution in [2.45, 2.75) is 6.92 Å². The Morgan fingerprint density at radius 2 is 1.90 bits per heavy atom. The summed E-state index contributed by atoms with van der Waals surface area (Å²) in [5.41, 5.74) is 0. The molecule has 56 valence electrons. The van der Waals surface area contributed by atoms with Gasteiger partial charge < -0.3 is 0 Å². The molecule has 0 aliphatic carbocycles. The molecular formula is C6H9Cl2N2+. The molecule has 0 saturated carbocycles. The summed E-state index contributed by atoms with van der Waals surface area (Å²) in [5, 5.41) is 1.17. The van der Waals surface area contributed by atoms with Gasteiger partial charge in [0.05, 0.1) is 14.1 Å². The average Bonchev–Trinajstić information content (AvgIpc) is 2.07. The van der Waals surface area contributed by atoms with Crippen LogP contribution in [0.4, 0.5) is 0 Å². The molecule has 0 atom stereocenters. The SMILES string of the molecule is Cc1n(C)c(Cl)c(Cl)[n+]1C. The van der Waals surface area contributed by atoms with Gasteiger partial charge in [-0.25, -0.2) is 9.13 Å². The average molecular weight is 180 g/mol. The molecule has 0 N–H and O–H groups in total. The normalized spacial score (nSPS) is 10.5. The van der Waals surface area contributed by atoms with Gasteiger partial charge in [0.15, 0.2) is 0 Å². The van der Waals surface area contributed by atoms with E-state index in [1.54, 1.807) is 0 Å². The summed E-state index contributed by atoms with van der Waals surface area (Å²) in [6.45, 7) is 1.96. The van der Waals surface area contributed by atoms with Crippen LogP contribution in [0, 0.1) is 6.92 Å². The number of nitrogens with zero attached hydrogens (tertiary/aromatic N) is 2. The maximum absolute atomic E-state index is 5.81. The molecule has 1 aromatic heterocycles. The van der Waals surface area contributed by atoms with Gasteiger partial charge in [0.1, 0.15) is 0 Å². The van der Waals surface area contributed by atoms with Crippen molar-refractivity contribution in [2.75, 3.05) is 0 Å². The Morgan fingerprint density at radius 3 is 2.00 bits per heavy atom. The van der Waals surface area contributed by atoms with Crippen LogP contribution >= 0.6 is 23.2 Å². The van der Waals surface area contributed by atoms with Crippen LogP contribution in [-0.4, -0.2) is 4.57 Å². The minimum atomic E-state index is 0.585. The molecule has 0 unspecified atom stereocenters. The fraction of sp³-hybridized carbons (Fsp3) is 0.500. The summed E-state index contributed by atoms with van der Waals surface area (Å²) in [6.07, 6.45) is 0. The van der Waals surface area contributed by atoms with E-state index in [2.05, 4.69) is 0 Å². The minimum Gasteiger partial charge on any atom is -0.220 e. The van der Waals surface area contributed by atoms with E-state index in [-0.39, 0.29) is 0 Å². The quantitative estimate of drug-likeness (QED) is 0.534. The summed E-state index contributed by atoms with van der Waals surface area (Å²) in [4.78, 5) is 0. The lowest BCUT2D eigenvalue weighted by molar-refractivity contribution is -0.675. The second-order valence-electron chi connectivity index (χ2n) is 2.25. The second-order valence-corrected chi connectivity index (χ2v) is 2.96. The number of aromatic nitrogens is 2. The first-order valence-electron chi connectivity index (χ1n) is 2.92. The first-order chi connectivity index (χ1) is 4.55. The molecule has 0 spiro atoms. The summed E-state index contributed by atoms with van der Waals surface area (Å²) in [6, 6.07) is 0. The highest BCUT2D eigenvalue weighted by molar-refractivity contribution is 6.39. The lowest BCUT2D eigenvalue weighted by Crippen LogP contribution is -2.31. The van der Waals surface area contributed by atoms with Crippen molar-refractivity contribution in [1.29, 1.82) is 0 Å². The number of imidazole rings is 1. The Kier molecular flexibility index (Phi) is 1.92. The molecule has 0 radical (unpaired) electrons. The van der Waals surface area contributed by atoms with E-state index in [4.69, 9.17) is 23.2 Å². The number of hydrogen-bond acceptors (Lipinski definition) is 0. The standard InChI is InChI=1S/C6H9Cl2N2/c1-4-9(2)5(7)6(8)10(4)3/h1-3H3/q+1. The molecule has 0 aromatic carbocycles. The van der Waals surface area contributed by atoms with Gasteiger partial charge in [-0.15, -0.1) is 0 Å². The van der Waals surface area contributed by atoms with Crippen molar-refractivity contribution in [3.05, 3.63) is 16.1 Å². The van der Waals surface area contributed by atoms with E-state index in [1.807, 2.05) is 30.2 Å². The molecule has 0 amide bonds. The molecule has 4 heteroatoms. The van der Waals surface area contributed by atoms with Crippen molar-refractivity contribution < 1.29 is 4.57 Å². The third kappa shape index (κ3) is 0.917. The highest BCUT2D eigenvalue weighted by Gasteiger charge is 2.19. The van der Waals surface area contributed by atoms with Crippen molar-refractivity contribution in [2.24, 2.45) is 14.1 Å². The predicted octanol–water partition coefficient (Wildman–Crippen LogP) is 1.46. The molecule has 2 nitrogen and oxygen atoms in total. The van der Waals surface area contributed by atoms with Gasteiger partial charge in [-0.1, -0.05) is 0 Å². The lowest BCUT2D eigenvalue weighted by atomic mass is 10.7. The van der Waals surface area contributed by atoms with Gasteiger partial charge in [0, 0.05) is 6.92 Å². The van der Waals surface area contributed by atoms with Crippen LogP contribution in [0.15, 0.2) is 0 Å². The fourth-order valence-electron chi connectivity index (χ4n) is 0.786. The Morgan fingerprint density at radius 1 is 1.40 bits per heavy atom. The Bertz CT molecular complexity index is 185. The maximum Gasteiger partial charge on any atom is 0.255 e. The van der Waals surface area contributed by atoms with E-state index in [9.17, 15) is 0 Å². The van der Waals surface area contributed by atoms with E-state index in [1.165, 1.54) is 0 Å². The molecule has 0 saturated heterocycles. The zero-order valence-corrected chi connectivity index (χ0v) is 7.66. The molecule has 1 aromatic rings. The molecule has 0 bridgehead atoms. The van der Waals surface area contributed by atoms with Crippen molar-refractivity contribution in [3.8, 4) is 0 Å². The minimum absolute atomic E-state index is 0.585. The third-order valence-corrected chi connectivity index (χ3v) is 2.69. The zero-order chi connectivity index (χ0) is 7.89. The molecular weight excluding hydrogens is 171 g/mol. The van der Waals surface area contributed by atoms with Crippen LogP contribution in [0.3, 0.4) is 0 Å². The highest BCUT2D eigenvalue weighted by atomic mass is 35.5. The highest BCUT2D eigenvalue weighted by Crippen LogP contribution is 2.18. The molecule has 1 rings (SSSR count). The van der Waals surface area contributed by atoms with Crippen LogP contribution < -0.4 is 4.57 Å². The van der Waals surface area contributed by atoms with E-state index in [0.29, 0.717) is 10.3 Å². The Hall–Kier alpha value is -0.210. The molecule has 0 fully saturated rings. The monoisotopic (exact) mass is 179 g/mol. The first-order valence-corrected chi connectivity index (χ1v) is 3.67. The lowest BCUT2D eigenvalue weighted by Gasteiger charge is -1.86. The van der Waals surface area contributed by atoms with Crippen LogP contribution in [0.25, 0.3) is 0 Å². The van der Waals surface area contributed by atoms with E-state index in [0.717, 1.165) is 5.82 Å². The van der Waals surface area contributed by atoms with Crippen LogP contribution in [0.5, 0.6) is 0 Å². The van der Waals surface area contributed by atoms with Crippen LogP contribution in [-0.2, 0) is 14.1 Å². The first kappa shape index (κ1) is 7.89. The number of rotatable bonds is 0. The molecule has 0 aliphatic heterocycles. The predicted molar refractivity (Wildman–Crippen MR) is 41.3 cm³/mol. The van der Waals surface area contributed by atoms with Crippen LogP contribution in [0.1, 0.15) is 5.82 Å². The second kappa shape index (κ2) is 2.44. The van der Waals surface area contributed by atoms with Crippen LogP contribution in [0.2, 0.25) is 10.3 Å². The summed E-state index contributed by atoms with van der Waals surface area (Å²) < 4.78 is 3.67. The topological polar surface area (TPSA) is 8.81 Å². The third-order valence-electron chi connectivity index (χ3n) is 1.73. The number of halogens is 2. The molecule has 0 aliphatic rings. The summed E-state index contributed by atoms with van der Waals surface area (Å²) >= 11 is 11.6. The van der Waals surface area contributed by atoms with Gasteiger partial charge in [0.2, 0.25) is 0 Å². The van der Waals surface area contributed by atoms with Gasteiger partial charge in [0.25, 0.3) is 16.1 Å². The van der Waals surface area contributed by atoms with E-state index < -0.39 is 0 Å². The van der Waals surface area contributed by atoms with Gasteiger partial charge in [-0.05, 0) is 23.2 Å². The fourth-order valence-corrected chi connectivity index (χ4v) is 1.28. The number of hydrogen-bond donors (Lipinski definition) is 0. The molecule has 1 heterocycles. The van der Waals surface area contributed by atoms with Crippen molar-refractivity contribution in [3.63, 3.8) is 0 Å². The Balaban J connectivity index is 3.44. The van der Waals surface area contributed by atoms with Crippen molar-refractivity contribution >= 4 is 23.2 Å². The molecule has 10 heavy (non-hydrogen) atoms. The maximum atomic E-state index is 5.81. The zero-order valence-electron chi connectivity index (χ0n) is 6.15. The van der Waals surface area contributed by atoms with Gasteiger partial charge >= 0.3 is 0 Å². The van der Waals surface area contributed by atoms with Gasteiger partial charge in [-0.3, -0.25) is 0 Å².